The van der Waals surface area contributed by atoms with Crippen molar-refractivity contribution in [3.63, 3.8) is 0 Å². The molecule has 1 heteroatoms. The molecule has 1 aliphatic carbocycles. The molecular weight excluding hydrogens is 593 g/mol. The van der Waals surface area contributed by atoms with Crippen LogP contribution in [0.1, 0.15) is 17.7 Å². The molecule has 0 bridgehead atoms. The maximum atomic E-state index is 6.46. The van der Waals surface area contributed by atoms with E-state index in [1.54, 1.807) is 0 Å². The Morgan fingerprint density at radius 1 is 0.388 bits per heavy atom. The molecule has 0 spiro atoms. The minimum atomic E-state index is 0.962. The number of aryl methyl sites for hydroxylation is 1. The van der Waals surface area contributed by atoms with E-state index in [0.29, 0.717) is 0 Å². The first-order valence-corrected chi connectivity index (χ1v) is 17.2. The number of hydrogen-bond donors (Lipinski definition) is 0. The van der Waals surface area contributed by atoms with Crippen molar-refractivity contribution in [2.24, 2.45) is 0 Å². The highest BCUT2D eigenvalue weighted by Crippen LogP contribution is 2.45. The molecule has 0 amide bonds. The Balaban J connectivity index is 1.11. The molecular formula is C48H32O. The van der Waals surface area contributed by atoms with Crippen LogP contribution in [0.25, 0.3) is 93.9 Å². The van der Waals surface area contributed by atoms with E-state index in [1.165, 1.54) is 82.2 Å². The first-order valence-electron chi connectivity index (χ1n) is 17.2. The molecule has 9 aromatic rings. The fourth-order valence-electron chi connectivity index (χ4n) is 8.06. The molecule has 8 aromatic carbocycles. The SMILES string of the molecule is C1=Cc2c(oc3c(-c4ccc(-c5c6ccccc6c(-c6ccc(-c7cccc8ccccc78)cc6)c6ccccc56)cc4)cccc23)CC1. The lowest BCUT2D eigenvalue weighted by atomic mass is 9.85. The summed E-state index contributed by atoms with van der Waals surface area (Å²) in [5.41, 5.74) is 12.0. The van der Waals surface area contributed by atoms with E-state index in [4.69, 9.17) is 4.42 Å². The average molecular weight is 625 g/mol. The van der Waals surface area contributed by atoms with Crippen LogP contribution in [0.15, 0.2) is 168 Å². The zero-order valence-electron chi connectivity index (χ0n) is 27.0. The molecule has 0 saturated carbocycles. The van der Waals surface area contributed by atoms with Crippen LogP contribution >= 0.6 is 0 Å². The predicted octanol–water partition coefficient (Wildman–Crippen LogP) is 13.5. The fourth-order valence-corrected chi connectivity index (χ4v) is 8.06. The van der Waals surface area contributed by atoms with Crippen LogP contribution in [0.3, 0.4) is 0 Å². The summed E-state index contributed by atoms with van der Waals surface area (Å²) in [6.45, 7) is 0. The van der Waals surface area contributed by atoms with Crippen LogP contribution < -0.4 is 0 Å². The second-order valence-corrected chi connectivity index (χ2v) is 13.1. The Morgan fingerprint density at radius 3 is 1.49 bits per heavy atom. The summed E-state index contributed by atoms with van der Waals surface area (Å²) in [7, 11) is 0. The maximum Gasteiger partial charge on any atom is 0.142 e. The van der Waals surface area contributed by atoms with Crippen molar-refractivity contribution in [1.29, 1.82) is 0 Å². The van der Waals surface area contributed by atoms with Crippen LogP contribution in [0.5, 0.6) is 0 Å². The smallest absolute Gasteiger partial charge is 0.142 e. The highest BCUT2D eigenvalue weighted by molar-refractivity contribution is 6.21. The third-order valence-electron chi connectivity index (χ3n) is 10.3. The molecule has 0 saturated heterocycles. The number of benzene rings is 8. The zero-order chi connectivity index (χ0) is 32.3. The Bertz CT molecular complexity index is 2680. The van der Waals surface area contributed by atoms with Gasteiger partial charge in [0.1, 0.15) is 11.3 Å². The van der Waals surface area contributed by atoms with Crippen LogP contribution in [-0.2, 0) is 6.42 Å². The van der Waals surface area contributed by atoms with Gasteiger partial charge in [-0.3, -0.25) is 0 Å². The Morgan fingerprint density at radius 2 is 0.857 bits per heavy atom. The number of rotatable bonds is 4. The quantitative estimate of drug-likeness (QED) is 0.178. The molecule has 0 fully saturated rings. The van der Waals surface area contributed by atoms with Crippen molar-refractivity contribution in [2.75, 3.05) is 0 Å². The molecule has 1 aliphatic rings. The summed E-state index contributed by atoms with van der Waals surface area (Å²) in [6, 6.07) is 57.7. The summed E-state index contributed by atoms with van der Waals surface area (Å²) in [5, 5.41) is 8.78. The highest BCUT2D eigenvalue weighted by Gasteiger charge is 2.19. The second-order valence-electron chi connectivity index (χ2n) is 13.1. The lowest BCUT2D eigenvalue weighted by Gasteiger charge is -2.18. The molecule has 0 unspecified atom stereocenters. The summed E-state index contributed by atoms with van der Waals surface area (Å²) in [5.74, 6) is 1.10. The normalized spacial score (nSPS) is 12.7. The number of hydrogen-bond acceptors (Lipinski definition) is 1. The zero-order valence-corrected chi connectivity index (χ0v) is 27.0. The molecule has 1 heterocycles. The van der Waals surface area contributed by atoms with E-state index >= 15 is 0 Å². The highest BCUT2D eigenvalue weighted by atomic mass is 16.3. The van der Waals surface area contributed by atoms with Crippen LogP contribution in [0.2, 0.25) is 0 Å². The van der Waals surface area contributed by atoms with Crippen molar-refractivity contribution in [1.82, 2.24) is 0 Å². The molecule has 49 heavy (non-hydrogen) atoms. The summed E-state index contributed by atoms with van der Waals surface area (Å²) < 4.78 is 6.46. The second kappa shape index (κ2) is 11.2. The van der Waals surface area contributed by atoms with E-state index in [9.17, 15) is 0 Å². The van der Waals surface area contributed by atoms with Crippen LogP contribution in [0, 0.1) is 0 Å². The van der Waals surface area contributed by atoms with Gasteiger partial charge in [-0.1, -0.05) is 170 Å². The molecule has 230 valence electrons. The molecule has 0 aliphatic heterocycles. The lowest BCUT2D eigenvalue weighted by molar-refractivity contribution is 0.547. The van der Waals surface area contributed by atoms with Gasteiger partial charge in [-0.2, -0.15) is 0 Å². The van der Waals surface area contributed by atoms with Crippen LogP contribution in [-0.4, -0.2) is 0 Å². The van der Waals surface area contributed by atoms with Gasteiger partial charge in [-0.15, -0.1) is 0 Å². The largest absolute Gasteiger partial charge is 0.460 e. The third-order valence-corrected chi connectivity index (χ3v) is 10.3. The molecule has 0 atom stereocenters. The minimum absolute atomic E-state index is 0.962. The van der Waals surface area contributed by atoms with E-state index in [0.717, 1.165) is 29.7 Å². The summed E-state index contributed by atoms with van der Waals surface area (Å²) >= 11 is 0. The van der Waals surface area contributed by atoms with Gasteiger partial charge in [0.15, 0.2) is 0 Å². The van der Waals surface area contributed by atoms with Gasteiger partial charge in [-0.05, 0) is 77.7 Å². The maximum absolute atomic E-state index is 6.46. The van der Waals surface area contributed by atoms with Gasteiger partial charge in [-0.25, -0.2) is 0 Å². The first-order chi connectivity index (χ1) is 24.3. The number of para-hydroxylation sites is 1. The van der Waals surface area contributed by atoms with Crippen molar-refractivity contribution in [2.45, 2.75) is 12.8 Å². The van der Waals surface area contributed by atoms with Gasteiger partial charge >= 0.3 is 0 Å². The van der Waals surface area contributed by atoms with Crippen molar-refractivity contribution >= 4 is 49.4 Å². The van der Waals surface area contributed by atoms with E-state index in [-0.39, 0.29) is 0 Å². The fraction of sp³-hybridized carbons (Fsp3) is 0.0417. The molecule has 0 N–H and O–H groups in total. The van der Waals surface area contributed by atoms with E-state index in [2.05, 4.69) is 170 Å². The first kappa shape index (κ1) is 27.9. The minimum Gasteiger partial charge on any atom is -0.460 e. The van der Waals surface area contributed by atoms with Crippen molar-refractivity contribution in [3.05, 3.63) is 175 Å². The Labute approximate surface area is 285 Å². The topological polar surface area (TPSA) is 13.1 Å². The van der Waals surface area contributed by atoms with Crippen molar-refractivity contribution in [3.8, 4) is 44.5 Å². The van der Waals surface area contributed by atoms with Gasteiger partial charge in [0.2, 0.25) is 0 Å². The number of allylic oxidation sites excluding steroid dienone is 1. The standard InChI is InChI=1S/C48H32O/c1-2-13-36-31(11-1)12-9-19-37(36)32-23-27-34(28-24-32)46-40-15-3-5-17-42(40)47(43-18-6-4-16-41(43)46)35-29-25-33(26-30-35)38-20-10-21-44-39-14-7-8-22-45(39)49-48(38)44/h1-7,9-21,23-30H,8,22H2. The van der Waals surface area contributed by atoms with E-state index in [1.807, 2.05) is 0 Å². The number of fused-ring (bicyclic) bond motifs is 6. The predicted molar refractivity (Wildman–Crippen MR) is 208 cm³/mol. The average Bonchev–Trinajstić information content (AvgIpc) is 3.56. The van der Waals surface area contributed by atoms with E-state index < -0.39 is 0 Å². The molecule has 10 rings (SSSR count). The van der Waals surface area contributed by atoms with Gasteiger partial charge in [0, 0.05) is 22.9 Å². The summed E-state index contributed by atoms with van der Waals surface area (Å²) in [6.07, 6.45) is 6.47. The molecule has 1 nitrogen and oxygen atoms in total. The van der Waals surface area contributed by atoms with Gasteiger partial charge in [0.05, 0.1) is 0 Å². The molecule has 0 radical (unpaired) electrons. The Hall–Kier alpha value is -6.18. The van der Waals surface area contributed by atoms with Gasteiger partial charge < -0.3 is 4.42 Å². The van der Waals surface area contributed by atoms with Crippen molar-refractivity contribution < 1.29 is 4.42 Å². The number of furan rings is 1. The third kappa shape index (κ3) is 4.47. The van der Waals surface area contributed by atoms with Gasteiger partial charge in [0.25, 0.3) is 0 Å². The summed E-state index contributed by atoms with van der Waals surface area (Å²) in [4.78, 5) is 0. The molecule has 1 aromatic heterocycles. The van der Waals surface area contributed by atoms with Crippen LogP contribution in [0.4, 0.5) is 0 Å². The monoisotopic (exact) mass is 624 g/mol. The lowest BCUT2D eigenvalue weighted by Crippen LogP contribution is -1.91. The Kier molecular flexibility index (Phi) is 6.38.